The first-order chi connectivity index (χ1) is 18.6. The number of Topliss-reactive ketones (excluding diaryl/α,β-unsaturated/α-hetero) is 2. The molecule has 196 valence electrons. The van der Waals surface area contributed by atoms with Crippen molar-refractivity contribution >= 4 is 29.4 Å². The lowest BCUT2D eigenvalue weighted by Gasteiger charge is -2.36. The third-order valence-electron chi connectivity index (χ3n) is 7.66. The van der Waals surface area contributed by atoms with Crippen LogP contribution in [0.15, 0.2) is 77.9 Å². The number of benzene rings is 3. The number of carbonyl (C=O) groups excluding carboxylic acids is 3. The average molecular weight is 524 g/mol. The van der Waals surface area contributed by atoms with E-state index in [-0.39, 0.29) is 16.8 Å². The van der Waals surface area contributed by atoms with E-state index in [2.05, 4.69) is 5.10 Å². The molecule has 2 aliphatic heterocycles. The minimum atomic E-state index is -1.81. The van der Waals surface area contributed by atoms with Crippen molar-refractivity contribution < 1.29 is 24.0 Å². The molecule has 1 aliphatic carbocycles. The topological polar surface area (TPSA) is 119 Å². The number of hydrazone groups is 1. The normalized spacial score (nSPS) is 22.4. The van der Waals surface area contributed by atoms with Crippen molar-refractivity contribution in [2.24, 2.45) is 10.5 Å². The van der Waals surface area contributed by atoms with Crippen molar-refractivity contribution in [3.63, 3.8) is 0 Å². The molecule has 39 heavy (non-hydrogen) atoms. The quantitative estimate of drug-likeness (QED) is 0.208. The molecule has 0 aromatic heterocycles. The Kier molecular flexibility index (Phi) is 5.33. The Labute approximate surface area is 224 Å². The van der Waals surface area contributed by atoms with Crippen LogP contribution in [-0.2, 0) is 9.53 Å². The summed E-state index contributed by atoms with van der Waals surface area (Å²) in [5.74, 6) is -2.66. The first-order valence-corrected chi connectivity index (χ1v) is 12.6. The lowest BCUT2D eigenvalue weighted by atomic mass is 9.63. The molecule has 0 N–H and O–H groups in total. The van der Waals surface area contributed by atoms with E-state index in [0.717, 1.165) is 5.56 Å². The summed E-state index contributed by atoms with van der Waals surface area (Å²) in [4.78, 5) is 54.3. The number of nitro benzene ring substituents is 1. The van der Waals surface area contributed by atoms with Crippen molar-refractivity contribution in [2.45, 2.75) is 44.4 Å². The number of hydrogen-bond acceptors (Lipinski definition) is 8. The van der Waals surface area contributed by atoms with E-state index in [1.54, 1.807) is 57.3 Å². The highest BCUT2D eigenvalue weighted by Gasteiger charge is 2.73. The molecule has 9 nitrogen and oxygen atoms in total. The van der Waals surface area contributed by atoms with Crippen LogP contribution >= 0.6 is 0 Å². The predicted octanol–water partition coefficient (Wildman–Crippen LogP) is 4.86. The fourth-order valence-electron chi connectivity index (χ4n) is 6.32. The maximum atomic E-state index is 14.6. The number of ether oxygens (including phenoxy) is 1. The first kappa shape index (κ1) is 24.7. The molecule has 0 amide bonds. The van der Waals surface area contributed by atoms with Crippen molar-refractivity contribution in [1.82, 2.24) is 5.01 Å². The minimum absolute atomic E-state index is 0.213. The van der Waals surface area contributed by atoms with Gasteiger partial charge in [0.15, 0.2) is 17.6 Å². The smallest absolute Gasteiger partial charge is 0.331 e. The van der Waals surface area contributed by atoms with Gasteiger partial charge < -0.3 is 4.74 Å². The lowest BCUT2D eigenvalue weighted by molar-refractivity contribution is -0.384. The molecule has 0 bridgehead atoms. The van der Waals surface area contributed by atoms with Gasteiger partial charge >= 0.3 is 5.97 Å². The molecule has 3 aromatic carbocycles. The Morgan fingerprint density at radius 2 is 1.62 bits per heavy atom. The van der Waals surface area contributed by atoms with E-state index in [9.17, 15) is 24.5 Å². The molecule has 6 rings (SSSR count). The van der Waals surface area contributed by atoms with E-state index in [0.29, 0.717) is 11.1 Å². The lowest BCUT2D eigenvalue weighted by Crippen LogP contribution is -2.44. The molecule has 3 aromatic rings. The number of carbonyl (C=O) groups is 3. The summed E-state index contributed by atoms with van der Waals surface area (Å²) in [6.07, 6.45) is 1.60. The van der Waals surface area contributed by atoms with Gasteiger partial charge in [-0.15, -0.1) is 0 Å². The van der Waals surface area contributed by atoms with Crippen LogP contribution in [0.2, 0.25) is 0 Å². The second-order valence-corrected chi connectivity index (χ2v) is 11.0. The number of rotatable bonds is 3. The number of fused-ring (bicyclic) bond motifs is 5. The fraction of sp³-hybridized carbons (Fsp3) is 0.267. The summed E-state index contributed by atoms with van der Waals surface area (Å²) in [6, 6.07) is 17.5. The number of ketones is 2. The summed E-state index contributed by atoms with van der Waals surface area (Å²) in [5, 5.41) is 17.9. The molecule has 1 saturated heterocycles. The largest absolute Gasteiger partial charge is 0.458 e. The molecule has 1 fully saturated rings. The Balaban J connectivity index is 1.69. The van der Waals surface area contributed by atoms with Gasteiger partial charge in [0.2, 0.25) is 0 Å². The molecule has 2 heterocycles. The maximum Gasteiger partial charge on any atom is 0.331 e. The van der Waals surface area contributed by atoms with Crippen molar-refractivity contribution in [3.05, 3.63) is 111 Å². The molecule has 3 unspecified atom stereocenters. The van der Waals surface area contributed by atoms with Gasteiger partial charge in [0, 0.05) is 29.2 Å². The average Bonchev–Trinajstić information content (AvgIpc) is 3.34. The summed E-state index contributed by atoms with van der Waals surface area (Å²) in [5.41, 5.74) is -0.676. The van der Waals surface area contributed by atoms with Crippen LogP contribution in [0.5, 0.6) is 0 Å². The van der Waals surface area contributed by atoms with Crippen molar-refractivity contribution in [2.75, 3.05) is 0 Å². The van der Waals surface area contributed by atoms with Gasteiger partial charge in [-0.2, -0.15) is 5.10 Å². The van der Waals surface area contributed by atoms with Crippen LogP contribution in [0.1, 0.15) is 70.1 Å². The van der Waals surface area contributed by atoms with Crippen LogP contribution in [-0.4, -0.2) is 45.3 Å². The molecular weight excluding hydrogens is 498 g/mol. The Morgan fingerprint density at radius 3 is 2.26 bits per heavy atom. The Bertz CT molecular complexity index is 1570. The van der Waals surface area contributed by atoms with Crippen LogP contribution in [0.3, 0.4) is 0 Å². The molecule has 0 saturated carbocycles. The number of nitrogens with zero attached hydrogens (tertiary/aromatic N) is 3. The summed E-state index contributed by atoms with van der Waals surface area (Å²) >= 11 is 0. The molecule has 1 spiro atoms. The number of nitro groups is 1. The molecule has 3 aliphatic rings. The first-order valence-electron chi connectivity index (χ1n) is 12.6. The highest BCUT2D eigenvalue weighted by atomic mass is 16.6. The van der Waals surface area contributed by atoms with E-state index in [1.807, 2.05) is 24.3 Å². The van der Waals surface area contributed by atoms with E-state index in [1.165, 1.54) is 23.2 Å². The Hall–Kier alpha value is -4.66. The van der Waals surface area contributed by atoms with Crippen LogP contribution < -0.4 is 0 Å². The Morgan fingerprint density at radius 1 is 0.974 bits per heavy atom. The van der Waals surface area contributed by atoms with Gasteiger partial charge in [0.1, 0.15) is 11.0 Å². The van der Waals surface area contributed by atoms with Gasteiger partial charge in [-0.25, -0.2) is 4.79 Å². The van der Waals surface area contributed by atoms with Crippen LogP contribution in [0.4, 0.5) is 5.69 Å². The monoisotopic (exact) mass is 523 g/mol. The van der Waals surface area contributed by atoms with E-state index in [4.69, 9.17) is 4.74 Å². The van der Waals surface area contributed by atoms with Gasteiger partial charge in [0.25, 0.3) is 5.69 Å². The predicted molar refractivity (Wildman–Crippen MR) is 142 cm³/mol. The number of esters is 1. The molecule has 0 radical (unpaired) electrons. The summed E-state index contributed by atoms with van der Waals surface area (Å²) < 4.78 is 5.83. The van der Waals surface area contributed by atoms with Crippen molar-refractivity contribution in [1.29, 1.82) is 0 Å². The van der Waals surface area contributed by atoms with Crippen LogP contribution in [0, 0.1) is 15.5 Å². The van der Waals surface area contributed by atoms with Crippen LogP contribution in [0.25, 0.3) is 0 Å². The fourth-order valence-corrected chi connectivity index (χ4v) is 6.32. The number of non-ortho nitro benzene ring substituents is 1. The zero-order valence-electron chi connectivity index (χ0n) is 21.5. The minimum Gasteiger partial charge on any atom is -0.458 e. The van der Waals surface area contributed by atoms with Gasteiger partial charge in [-0.3, -0.25) is 24.7 Å². The van der Waals surface area contributed by atoms with Crippen molar-refractivity contribution in [3.8, 4) is 0 Å². The standard InChI is InChI=1S/C30H25N3O6/c1-29(2,3)39-28(36)24-23(17-10-8-11-19(15-17)33(37)38)30(26(34)21-13-6-7-14-22(21)27(30)35)25-20-12-5-4-9-18(20)16-31-32(24)25/h4-16,23-25H,1-3H3. The van der Waals surface area contributed by atoms with Gasteiger partial charge in [-0.05, 0) is 37.5 Å². The molecule has 9 heteroatoms. The zero-order chi connectivity index (χ0) is 27.7. The third-order valence-corrected chi connectivity index (χ3v) is 7.66. The highest BCUT2D eigenvalue weighted by Crippen LogP contribution is 2.64. The second-order valence-electron chi connectivity index (χ2n) is 11.0. The highest BCUT2D eigenvalue weighted by molar-refractivity contribution is 6.31. The molecular formula is C30H25N3O6. The zero-order valence-corrected chi connectivity index (χ0v) is 21.5. The third kappa shape index (κ3) is 3.46. The second kappa shape index (κ2) is 8.42. The maximum absolute atomic E-state index is 14.6. The summed E-state index contributed by atoms with van der Waals surface area (Å²) in [6.45, 7) is 5.18. The molecule has 3 atom stereocenters. The summed E-state index contributed by atoms with van der Waals surface area (Å²) in [7, 11) is 0. The SMILES string of the molecule is CC(C)(C)OC(=O)C1C(c2cccc([N+](=O)[O-])c2)C2(C(=O)c3ccccc3C2=O)C2c3ccccc3C=NN12. The number of hydrogen-bond donors (Lipinski definition) is 0. The van der Waals surface area contributed by atoms with Gasteiger partial charge in [0.05, 0.1) is 17.2 Å². The van der Waals surface area contributed by atoms with E-state index >= 15 is 0 Å². The van der Waals surface area contributed by atoms with Gasteiger partial charge in [-0.1, -0.05) is 60.7 Å². The van der Waals surface area contributed by atoms with E-state index < -0.39 is 51.5 Å².